The van der Waals surface area contributed by atoms with Crippen LogP contribution in [0, 0.1) is 0 Å². The van der Waals surface area contributed by atoms with E-state index in [2.05, 4.69) is 5.32 Å². The van der Waals surface area contributed by atoms with Crippen molar-refractivity contribution in [2.75, 3.05) is 6.54 Å². The van der Waals surface area contributed by atoms with E-state index in [1.807, 2.05) is 42.5 Å². The number of hydrogen-bond donors (Lipinski definition) is 3. The first kappa shape index (κ1) is 17.6. The standard InChI is InChI=1S/C19H15NO5S/c21-15(22)10-20-18(24)16-17(23)13-7-6-12(9-14(13)26-19(16)25)8-11-4-2-1-3-5-11/h1-7,9,23H,8,10H2,(H,20,24)(H,21,22). The largest absolute Gasteiger partial charge is 0.506 e. The van der Waals surface area contributed by atoms with Crippen LogP contribution in [0.3, 0.4) is 0 Å². The highest BCUT2D eigenvalue weighted by atomic mass is 32.1. The lowest BCUT2D eigenvalue weighted by molar-refractivity contribution is -0.135. The fourth-order valence-electron chi connectivity index (χ4n) is 2.62. The smallest absolute Gasteiger partial charge is 0.322 e. The summed E-state index contributed by atoms with van der Waals surface area (Å²) in [4.78, 5) is 34.8. The highest BCUT2D eigenvalue weighted by Crippen LogP contribution is 2.30. The number of aliphatic carboxylic acids is 1. The van der Waals surface area contributed by atoms with Crippen LogP contribution < -0.4 is 10.1 Å². The molecule has 0 saturated heterocycles. The summed E-state index contributed by atoms with van der Waals surface area (Å²) < 4.78 is -0.0505. The quantitative estimate of drug-likeness (QED) is 0.641. The van der Waals surface area contributed by atoms with Crippen molar-refractivity contribution in [1.82, 2.24) is 5.32 Å². The SMILES string of the molecule is O=C(O)CNC(=O)c1c(O)c2ccc(Cc3ccccc3)cc2sc1=O. The summed E-state index contributed by atoms with van der Waals surface area (Å²) in [6, 6.07) is 15.1. The zero-order valence-corrected chi connectivity index (χ0v) is 14.4. The molecule has 0 bridgehead atoms. The molecule has 132 valence electrons. The number of fused-ring (bicyclic) bond motifs is 1. The van der Waals surface area contributed by atoms with Gasteiger partial charge in [-0.25, -0.2) is 0 Å². The maximum atomic E-state index is 12.3. The van der Waals surface area contributed by atoms with Crippen molar-refractivity contribution in [2.45, 2.75) is 6.42 Å². The third-order valence-corrected chi connectivity index (χ3v) is 4.77. The Bertz CT molecular complexity index is 1040. The summed E-state index contributed by atoms with van der Waals surface area (Å²) in [7, 11) is 0. The molecule has 0 aliphatic carbocycles. The second-order valence-electron chi connectivity index (χ2n) is 5.68. The minimum Gasteiger partial charge on any atom is -0.506 e. The molecule has 1 heterocycles. The van der Waals surface area contributed by atoms with E-state index < -0.39 is 34.5 Å². The van der Waals surface area contributed by atoms with Crippen molar-refractivity contribution in [2.24, 2.45) is 0 Å². The molecule has 3 N–H and O–H groups in total. The first-order chi connectivity index (χ1) is 12.5. The maximum absolute atomic E-state index is 12.3. The van der Waals surface area contributed by atoms with E-state index in [1.54, 1.807) is 6.07 Å². The first-order valence-corrected chi connectivity index (χ1v) is 8.60. The monoisotopic (exact) mass is 369 g/mol. The second kappa shape index (κ2) is 7.37. The number of carbonyl (C=O) groups excluding carboxylic acids is 1. The minimum atomic E-state index is -1.24. The summed E-state index contributed by atoms with van der Waals surface area (Å²) in [6.45, 7) is -0.629. The first-order valence-electron chi connectivity index (χ1n) is 7.78. The molecule has 1 aromatic heterocycles. The molecule has 0 spiro atoms. The zero-order chi connectivity index (χ0) is 18.7. The number of amides is 1. The highest BCUT2D eigenvalue weighted by molar-refractivity contribution is 7.16. The molecular formula is C19H15NO5S. The third-order valence-electron chi connectivity index (χ3n) is 3.82. The Morgan fingerprint density at radius 2 is 1.77 bits per heavy atom. The van der Waals surface area contributed by atoms with Crippen LogP contribution in [-0.2, 0) is 11.2 Å². The molecule has 0 fully saturated rings. The fourth-order valence-corrected chi connectivity index (χ4v) is 3.59. The van der Waals surface area contributed by atoms with E-state index >= 15 is 0 Å². The Labute approximate surface area is 152 Å². The zero-order valence-electron chi connectivity index (χ0n) is 13.6. The highest BCUT2D eigenvalue weighted by Gasteiger charge is 2.20. The van der Waals surface area contributed by atoms with Crippen molar-refractivity contribution in [3.63, 3.8) is 0 Å². The molecule has 2 aromatic carbocycles. The molecule has 7 heteroatoms. The average molecular weight is 369 g/mol. The molecule has 0 unspecified atom stereocenters. The summed E-state index contributed by atoms with van der Waals surface area (Å²) in [5.41, 5.74) is 1.66. The van der Waals surface area contributed by atoms with Crippen LogP contribution in [0.5, 0.6) is 5.75 Å². The Hall–Kier alpha value is -3.19. The van der Waals surface area contributed by atoms with Gasteiger partial charge in [-0.1, -0.05) is 47.7 Å². The van der Waals surface area contributed by atoms with E-state index in [9.17, 15) is 19.5 Å². The van der Waals surface area contributed by atoms with Gasteiger partial charge in [-0.05, 0) is 29.7 Å². The van der Waals surface area contributed by atoms with Crippen LogP contribution >= 0.6 is 11.3 Å². The molecule has 0 aliphatic heterocycles. The number of nitrogens with one attached hydrogen (secondary N) is 1. The van der Waals surface area contributed by atoms with Crippen molar-refractivity contribution < 1.29 is 19.8 Å². The van der Waals surface area contributed by atoms with Crippen LogP contribution in [0.4, 0.5) is 0 Å². The Kier molecular flexibility index (Phi) is 4.99. The Morgan fingerprint density at radius 3 is 2.46 bits per heavy atom. The van der Waals surface area contributed by atoms with Crippen molar-refractivity contribution >= 4 is 33.3 Å². The van der Waals surface area contributed by atoms with Gasteiger partial charge < -0.3 is 15.5 Å². The van der Waals surface area contributed by atoms with Crippen LogP contribution in [0.1, 0.15) is 21.5 Å². The van der Waals surface area contributed by atoms with Gasteiger partial charge in [-0.3, -0.25) is 14.4 Å². The molecular weight excluding hydrogens is 354 g/mol. The fraction of sp³-hybridized carbons (Fsp3) is 0.105. The van der Waals surface area contributed by atoms with E-state index in [4.69, 9.17) is 5.11 Å². The number of hydrogen-bond acceptors (Lipinski definition) is 5. The molecule has 0 atom stereocenters. The lowest BCUT2D eigenvalue weighted by atomic mass is 10.0. The van der Waals surface area contributed by atoms with E-state index in [0.717, 1.165) is 22.5 Å². The lowest BCUT2D eigenvalue weighted by Crippen LogP contribution is -2.32. The summed E-state index contributed by atoms with van der Waals surface area (Å²) >= 11 is 0.846. The number of benzene rings is 2. The normalized spacial score (nSPS) is 10.6. The molecule has 0 aliphatic rings. The number of carbonyl (C=O) groups is 2. The average Bonchev–Trinajstić information content (AvgIpc) is 2.60. The summed E-state index contributed by atoms with van der Waals surface area (Å²) in [6.07, 6.45) is 0.680. The van der Waals surface area contributed by atoms with Crippen LogP contribution in [-0.4, -0.2) is 28.6 Å². The van der Waals surface area contributed by atoms with Gasteiger partial charge >= 0.3 is 5.97 Å². The van der Waals surface area contributed by atoms with Gasteiger partial charge in [0.1, 0.15) is 17.9 Å². The minimum absolute atomic E-state index is 0.381. The van der Waals surface area contributed by atoms with Gasteiger partial charge in [0.15, 0.2) is 0 Å². The van der Waals surface area contributed by atoms with Gasteiger partial charge in [0.05, 0.1) is 0 Å². The van der Waals surface area contributed by atoms with E-state index in [-0.39, 0.29) is 0 Å². The number of carboxylic acid groups (broad SMARTS) is 1. The van der Waals surface area contributed by atoms with E-state index in [0.29, 0.717) is 16.5 Å². The molecule has 6 nitrogen and oxygen atoms in total. The topological polar surface area (TPSA) is 104 Å². The van der Waals surface area contributed by atoms with Gasteiger partial charge in [-0.2, -0.15) is 0 Å². The Balaban J connectivity index is 1.97. The maximum Gasteiger partial charge on any atom is 0.322 e. The van der Waals surface area contributed by atoms with Crippen molar-refractivity contribution in [1.29, 1.82) is 0 Å². The number of rotatable bonds is 5. The van der Waals surface area contributed by atoms with Gasteiger partial charge in [0.25, 0.3) is 5.91 Å². The number of aromatic hydroxyl groups is 1. The van der Waals surface area contributed by atoms with E-state index in [1.165, 1.54) is 0 Å². The predicted octanol–water partition coefficient (Wildman–Crippen LogP) is 2.37. The van der Waals surface area contributed by atoms with Crippen molar-refractivity contribution in [3.8, 4) is 5.75 Å². The summed E-state index contributed by atoms with van der Waals surface area (Å²) in [5, 5.41) is 21.4. The van der Waals surface area contributed by atoms with Crippen LogP contribution in [0.25, 0.3) is 10.1 Å². The molecule has 3 aromatic rings. The lowest BCUT2D eigenvalue weighted by Gasteiger charge is -2.08. The predicted molar refractivity (Wildman–Crippen MR) is 99.0 cm³/mol. The number of carboxylic acids is 1. The molecule has 1 amide bonds. The summed E-state index contributed by atoms with van der Waals surface area (Å²) in [5.74, 6) is -2.57. The Morgan fingerprint density at radius 1 is 1.04 bits per heavy atom. The molecule has 26 heavy (non-hydrogen) atoms. The van der Waals surface area contributed by atoms with Crippen LogP contribution in [0.15, 0.2) is 53.3 Å². The van der Waals surface area contributed by atoms with Crippen LogP contribution in [0.2, 0.25) is 0 Å². The molecule has 3 rings (SSSR count). The van der Waals surface area contributed by atoms with Gasteiger partial charge in [-0.15, -0.1) is 0 Å². The molecule has 0 saturated carbocycles. The third kappa shape index (κ3) is 3.73. The van der Waals surface area contributed by atoms with Gasteiger partial charge in [0, 0.05) is 10.1 Å². The molecule has 0 radical (unpaired) electrons. The van der Waals surface area contributed by atoms with Gasteiger partial charge in [0.2, 0.25) is 4.74 Å². The second-order valence-corrected chi connectivity index (χ2v) is 6.70. The van der Waals surface area contributed by atoms with Crippen molar-refractivity contribution in [3.05, 3.63) is 74.8 Å².